The highest BCUT2D eigenvalue weighted by Gasteiger charge is 1.84. The Labute approximate surface area is 54.8 Å². The third-order valence-electron chi connectivity index (χ3n) is 0.663. The van der Waals surface area contributed by atoms with E-state index < -0.39 is 0 Å². The van der Waals surface area contributed by atoms with Crippen molar-refractivity contribution in [1.29, 1.82) is 0 Å². The van der Waals surface area contributed by atoms with E-state index in [0.29, 0.717) is 0 Å². The van der Waals surface area contributed by atoms with Gasteiger partial charge in [-0.3, -0.25) is 0 Å². The number of thioether (sulfide) groups is 1. The molecule has 0 aliphatic rings. The molecule has 0 amide bonds. The second-order valence-electron chi connectivity index (χ2n) is 1.17. The Balaban J connectivity index is 3.00. The monoisotopic (exact) mass is 134 g/mol. The zero-order valence-corrected chi connectivity index (χ0v) is 6.19. The van der Waals surface area contributed by atoms with Gasteiger partial charge in [0.05, 0.1) is 0 Å². The minimum atomic E-state index is 0.854. The lowest BCUT2D eigenvalue weighted by Gasteiger charge is -1.93. The SMILES string of the molecule is C=C(CC)SCS. The predicted molar refractivity (Wildman–Crippen MR) is 40.9 cm³/mol. The second kappa shape index (κ2) is 4.60. The normalized spacial score (nSPS) is 8.86. The van der Waals surface area contributed by atoms with Crippen molar-refractivity contribution in [3.63, 3.8) is 0 Å². The van der Waals surface area contributed by atoms with Crippen LogP contribution < -0.4 is 0 Å². The Kier molecular flexibility index (Phi) is 4.88. The molecule has 2 heteroatoms. The average Bonchev–Trinajstić information content (AvgIpc) is 1.68. The van der Waals surface area contributed by atoms with Gasteiger partial charge in [0.2, 0.25) is 0 Å². The summed E-state index contributed by atoms with van der Waals surface area (Å²) in [5, 5.41) is 0.854. The molecule has 7 heavy (non-hydrogen) atoms. The molecule has 0 unspecified atom stereocenters. The zero-order chi connectivity index (χ0) is 5.70. The molecule has 0 bridgehead atoms. The third-order valence-corrected chi connectivity index (χ3v) is 1.88. The van der Waals surface area contributed by atoms with E-state index >= 15 is 0 Å². The zero-order valence-electron chi connectivity index (χ0n) is 4.48. The molecule has 0 nitrogen and oxygen atoms in total. The van der Waals surface area contributed by atoms with Crippen molar-refractivity contribution in [2.24, 2.45) is 0 Å². The largest absolute Gasteiger partial charge is 0.168 e. The summed E-state index contributed by atoms with van der Waals surface area (Å²) in [5.41, 5.74) is 0. The van der Waals surface area contributed by atoms with Crippen molar-refractivity contribution >= 4 is 24.4 Å². The first-order valence-electron chi connectivity index (χ1n) is 2.22. The molecule has 0 aliphatic carbocycles. The van der Waals surface area contributed by atoms with Crippen LogP contribution in [0.4, 0.5) is 0 Å². The first-order valence-corrected chi connectivity index (χ1v) is 3.84. The summed E-state index contributed by atoms with van der Waals surface area (Å²) in [7, 11) is 0. The van der Waals surface area contributed by atoms with E-state index in [1.807, 2.05) is 0 Å². The van der Waals surface area contributed by atoms with Crippen molar-refractivity contribution in [2.75, 3.05) is 5.08 Å². The molecule has 0 saturated carbocycles. The molecule has 42 valence electrons. The van der Waals surface area contributed by atoms with Gasteiger partial charge in [-0.15, -0.1) is 11.8 Å². The minimum absolute atomic E-state index is 0.854. The van der Waals surface area contributed by atoms with Gasteiger partial charge in [-0.05, 0) is 11.3 Å². The molecule has 0 heterocycles. The lowest BCUT2D eigenvalue weighted by molar-refractivity contribution is 1.21. The van der Waals surface area contributed by atoms with Gasteiger partial charge in [0.15, 0.2) is 0 Å². The van der Waals surface area contributed by atoms with Gasteiger partial charge in [-0.2, -0.15) is 12.6 Å². The van der Waals surface area contributed by atoms with Crippen molar-refractivity contribution in [3.8, 4) is 0 Å². The van der Waals surface area contributed by atoms with Crippen LogP contribution in [0.25, 0.3) is 0 Å². The number of thiol groups is 1. The van der Waals surface area contributed by atoms with Crippen LogP contribution in [0.1, 0.15) is 13.3 Å². The van der Waals surface area contributed by atoms with Crippen LogP contribution in [-0.2, 0) is 0 Å². The molecule has 0 radical (unpaired) electrons. The van der Waals surface area contributed by atoms with Crippen LogP contribution in [0.2, 0.25) is 0 Å². The van der Waals surface area contributed by atoms with Crippen molar-refractivity contribution in [3.05, 3.63) is 11.5 Å². The van der Waals surface area contributed by atoms with Gasteiger partial charge in [0.1, 0.15) is 0 Å². The maximum atomic E-state index is 4.02. The highest BCUT2D eigenvalue weighted by atomic mass is 32.2. The van der Waals surface area contributed by atoms with Crippen LogP contribution >= 0.6 is 24.4 Å². The quantitative estimate of drug-likeness (QED) is 0.457. The molecule has 0 saturated heterocycles. The van der Waals surface area contributed by atoms with E-state index in [0.717, 1.165) is 11.5 Å². The van der Waals surface area contributed by atoms with E-state index in [2.05, 4.69) is 26.1 Å². The Morgan fingerprint density at radius 1 is 1.86 bits per heavy atom. The smallest absolute Gasteiger partial charge is 0.0405 e. The fraction of sp³-hybridized carbons (Fsp3) is 0.600. The molecular formula is C5H10S2. The van der Waals surface area contributed by atoms with Crippen LogP contribution in [0.5, 0.6) is 0 Å². The Morgan fingerprint density at radius 3 is 2.57 bits per heavy atom. The summed E-state index contributed by atoms with van der Waals surface area (Å²) in [6.45, 7) is 5.87. The standard InChI is InChI=1S/C5H10S2/c1-3-5(2)7-4-6/h6H,2-4H2,1H3. The molecule has 0 spiro atoms. The summed E-state index contributed by atoms with van der Waals surface area (Å²) in [4.78, 5) is 1.22. The Hall–Kier alpha value is 0.440. The molecular weight excluding hydrogens is 124 g/mol. The molecule has 0 atom stereocenters. The molecule has 0 aliphatic heterocycles. The van der Waals surface area contributed by atoms with E-state index in [9.17, 15) is 0 Å². The van der Waals surface area contributed by atoms with Gasteiger partial charge in [-0.1, -0.05) is 13.5 Å². The third kappa shape index (κ3) is 4.29. The topological polar surface area (TPSA) is 0 Å². The highest BCUT2D eigenvalue weighted by Crippen LogP contribution is 2.16. The number of hydrogen-bond acceptors (Lipinski definition) is 2. The lowest BCUT2D eigenvalue weighted by atomic mass is 10.5. The Bertz CT molecular complexity index is 59.1. The van der Waals surface area contributed by atoms with Crippen LogP contribution in [0.3, 0.4) is 0 Å². The highest BCUT2D eigenvalue weighted by molar-refractivity contribution is 8.11. The Morgan fingerprint density at radius 2 is 2.43 bits per heavy atom. The summed E-state index contributed by atoms with van der Waals surface area (Å²) in [6, 6.07) is 0. The predicted octanol–water partition coefficient (Wildman–Crippen LogP) is 2.53. The summed E-state index contributed by atoms with van der Waals surface area (Å²) in [5.74, 6) is 0. The molecule has 0 aromatic rings. The molecule has 0 rings (SSSR count). The van der Waals surface area contributed by atoms with E-state index in [4.69, 9.17) is 0 Å². The van der Waals surface area contributed by atoms with Crippen molar-refractivity contribution in [1.82, 2.24) is 0 Å². The number of allylic oxidation sites excluding steroid dienone is 1. The number of rotatable bonds is 3. The summed E-state index contributed by atoms with van der Waals surface area (Å²) < 4.78 is 0. The number of hydrogen-bond donors (Lipinski definition) is 1. The summed E-state index contributed by atoms with van der Waals surface area (Å²) >= 11 is 5.72. The first kappa shape index (κ1) is 7.44. The lowest BCUT2D eigenvalue weighted by Crippen LogP contribution is -1.66. The summed E-state index contributed by atoms with van der Waals surface area (Å²) in [6.07, 6.45) is 1.06. The van der Waals surface area contributed by atoms with Gasteiger partial charge in [0, 0.05) is 5.08 Å². The van der Waals surface area contributed by atoms with E-state index in [1.54, 1.807) is 11.8 Å². The van der Waals surface area contributed by atoms with Gasteiger partial charge in [-0.25, -0.2) is 0 Å². The molecule has 0 N–H and O–H groups in total. The van der Waals surface area contributed by atoms with Gasteiger partial charge < -0.3 is 0 Å². The maximum Gasteiger partial charge on any atom is 0.0405 e. The first-order chi connectivity index (χ1) is 3.31. The average molecular weight is 134 g/mol. The molecule has 0 aromatic heterocycles. The van der Waals surface area contributed by atoms with Gasteiger partial charge in [0.25, 0.3) is 0 Å². The molecule has 0 fully saturated rings. The molecule has 0 aromatic carbocycles. The van der Waals surface area contributed by atoms with Crippen molar-refractivity contribution in [2.45, 2.75) is 13.3 Å². The van der Waals surface area contributed by atoms with Crippen LogP contribution in [0, 0.1) is 0 Å². The maximum absolute atomic E-state index is 4.02. The fourth-order valence-electron chi connectivity index (χ4n) is 0.193. The fourth-order valence-corrected chi connectivity index (χ4v) is 1.13. The van der Waals surface area contributed by atoms with E-state index in [-0.39, 0.29) is 0 Å². The van der Waals surface area contributed by atoms with Gasteiger partial charge >= 0.3 is 0 Å². The van der Waals surface area contributed by atoms with E-state index in [1.165, 1.54) is 4.91 Å². The second-order valence-corrected chi connectivity index (χ2v) is 3.06. The van der Waals surface area contributed by atoms with Crippen LogP contribution in [-0.4, -0.2) is 5.08 Å². The van der Waals surface area contributed by atoms with Crippen molar-refractivity contribution < 1.29 is 0 Å². The minimum Gasteiger partial charge on any atom is -0.168 e. The van der Waals surface area contributed by atoms with Crippen LogP contribution in [0.15, 0.2) is 11.5 Å².